The van der Waals surface area contributed by atoms with Crippen molar-refractivity contribution >= 4 is 34.6 Å². The first-order chi connectivity index (χ1) is 13.8. The standard InChI is InChI=1S/C23H35BO2S2/c1-3-5-7-9-12-19-14-17-27-22(19)21-18-20(13-10-8-6-4-2)23(28-21)24-25-15-11-16-26-24/h14,17-18H,3-13,15-16H2,1-2H3. The Morgan fingerprint density at radius 1 is 0.893 bits per heavy atom. The van der Waals surface area contributed by atoms with Crippen molar-refractivity contribution in [3.8, 4) is 9.75 Å². The minimum Gasteiger partial charge on any atom is -0.407 e. The third kappa shape index (κ3) is 6.19. The zero-order valence-electron chi connectivity index (χ0n) is 17.6. The highest BCUT2D eigenvalue weighted by atomic mass is 32.1. The summed E-state index contributed by atoms with van der Waals surface area (Å²) in [6.07, 6.45) is 13.8. The van der Waals surface area contributed by atoms with Crippen molar-refractivity contribution in [1.29, 1.82) is 0 Å². The fraction of sp³-hybridized carbons (Fsp3) is 0.652. The van der Waals surface area contributed by atoms with Crippen molar-refractivity contribution in [1.82, 2.24) is 0 Å². The Kier molecular flexibility index (Phi) is 9.59. The Hall–Kier alpha value is -0.615. The molecule has 0 amide bonds. The van der Waals surface area contributed by atoms with Crippen LogP contribution in [0.2, 0.25) is 0 Å². The lowest BCUT2D eigenvalue weighted by Crippen LogP contribution is -2.40. The summed E-state index contributed by atoms with van der Waals surface area (Å²) in [4.78, 5) is 2.89. The number of thiophene rings is 2. The van der Waals surface area contributed by atoms with Gasteiger partial charge in [0, 0.05) is 27.7 Å². The fourth-order valence-corrected chi connectivity index (χ4v) is 6.14. The van der Waals surface area contributed by atoms with E-state index in [1.54, 1.807) is 0 Å². The molecule has 0 spiro atoms. The molecule has 0 unspecified atom stereocenters. The summed E-state index contributed by atoms with van der Waals surface area (Å²) in [6.45, 7) is 6.18. The van der Waals surface area contributed by atoms with E-state index in [9.17, 15) is 0 Å². The highest BCUT2D eigenvalue weighted by molar-refractivity contribution is 7.28. The van der Waals surface area contributed by atoms with Crippen LogP contribution >= 0.6 is 22.7 Å². The minimum atomic E-state index is -0.151. The van der Waals surface area contributed by atoms with E-state index in [4.69, 9.17) is 9.31 Å². The molecule has 0 bridgehead atoms. The average molecular weight is 418 g/mol. The maximum atomic E-state index is 5.98. The molecule has 2 aromatic rings. The summed E-state index contributed by atoms with van der Waals surface area (Å²) in [7, 11) is -0.151. The fourth-order valence-electron chi connectivity index (χ4n) is 3.82. The molecule has 0 aliphatic carbocycles. The Labute approximate surface area is 179 Å². The molecule has 2 nitrogen and oxygen atoms in total. The van der Waals surface area contributed by atoms with Gasteiger partial charge in [0.2, 0.25) is 0 Å². The van der Waals surface area contributed by atoms with Gasteiger partial charge in [-0.3, -0.25) is 0 Å². The van der Waals surface area contributed by atoms with Gasteiger partial charge in [0.25, 0.3) is 0 Å². The SMILES string of the molecule is CCCCCCc1cc(-c2sccc2CCCCCC)sc1B1OCCCO1. The van der Waals surface area contributed by atoms with Gasteiger partial charge < -0.3 is 9.31 Å². The molecule has 0 radical (unpaired) electrons. The van der Waals surface area contributed by atoms with E-state index in [0.717, 1.165) is 26.1 Å². The molecule has 0 atom stereocenters. The van der Waals surface area contributed by atoms with Crippen molar-refractivity contribution in [2.75, 3.05) is 13.2 Å². The molecule has 3 heterocycles. The molecule has 5 heteroatoms. The summed E-state index contributed by atoms with van der Waals surface area (Å²) in [6, 6.07) is 4.77. The lowest BCUT2D eigenvalue weighted by Gasteiger charge is -2.19. The first-order valence-corrected chi connectivity index (χ1v) is 13.0. The number of hydrogen-bond acceptors (Lipinski definition) is 4. The van der Waals surface area contributed by atoms with Crippen molar-refractivity contribution in [2.24, 2.45) is 0 Å². The molecular weight excluding hydrogens is 383 g/mol. The molecule has 28 heavy (non-hydrogen) atoms. The highest BCUT2D eigenvalue weighted by Crippen LogP contribution is 2.35. The molecule has 0 aromatic carbocycles. The van der Waals surface area contributed by atoms with Gasteiger partial charge in [0.15, 0.2) is 0 Å². The van der Waals surface area contributed by atoms with Crippen LogP contribution in [0.5, 0.6) is 0 Å². The maximum Gasteiger partial charge on any atom is 0.504 e. The number of rotatable bonds is 12. The van der Waals surface area contributed by atoms with Crippen LogP contribution in [-0.4, -0.2) is 20.3 Å². The van der Waals surface area contributed by atoms with Crippen LogP contribution in [0.1, 0.15) is 82.8 Å². The summed E-state index contributed by atoms with van der Waals surface area (Å²) < 4.78 is 13.3. The van der Waals surface area contributed by atoms with Crippen LogP contribution < -0.4 is 4.78 Å². The van der Waals surface area contributed by atoms with Crippen LogP contribution in [0.3, 0.4) is 0 Å². The lowest BCUT2D eigenvalue weighted by molar-refractivity contribution is 0.144. The summed E-state index contributed by atoms with van der Waals surface area (Å²) in [5.41, 5.74) is 2.98. The molecule has 1 saturated heterocycles. The van der Waals surface area contributed by atoms with Crippen molar-refractivity contribution < 1.29 is 9.31 Å². The van der Waals surface area contributed by atoms with E-state index in [-0.39, 0.29) is 7.12 Å². The van der Waals surface area contributed by atoms with E-state index in [0.29, 0.717) is 0 Å². The lowest BCUT2D eigenvalue weighted by atomic mass is 9.82. The number of unbranched alkanes of at least 4 members (excludes halogenated alkanes) is 6. The second-order valence-electron chi connectivity index (χ2n) is 7.82. The number of aryl methyl sites for hydroxylation is 2. The van der Waals surface area contributed by atoms with Gasteiger partial charge >= 0.3 is 7.12 Å². The maximum absolute atomic E-state index is 5.98. The average Bonchev–Trinajstić information content (AvgIpc) is 3.36. The Morgan fingerprint density at radius 3 is 2.25 bits per heavy atom. The Balaban J connectivity index is 1.75. The van der Waals surface area contributed by atoms with Gasteiger partial charge in [-0.1, -0.05) is 52.4 Å². The second-order valence-corrected chi connectivity index (χ2v) is 9.82. The molecular formula is C23H35BO2S2. The highest BCUT2D eigenvalue weighted by Gasteiger charge is 2.30. The van der Waals surface area contributed by atoms with Crippen LogP contribution in [0, 0.1) is 0 Å². The molecule has 154 valence electrons. The summed E-state index contributed by atoms with van der Waals surface area (Å²) in [5.74, 6) is 0. The molecule has 1 aliphatic rings. The first kappa shape index (κ1) is 22.1. The molecule has 1 aliphatic heterocycles. The number of hydrogen-bond donors (Lipinski definition) is 0. The Morgan fingerprint density at radius 2 is 1.57 bits per heavy atom. The van der Waals surface area contributed by atoms with Gasteiger partial charge in [-0.2, -0.15) is 0 Å². The van der Waals surface area contributed by atoms with E-state index in [1.165, 1.54) is 83.4 Å². The van der Waals surface area contributed by atoms with E-state index >= 15 is 0 Å². The largest absolute Gasteiger partial charge is 0.504 e. The first-order valence-electron chi connectivity index (χ1n) is 11.3. The van der Waals surface area contributed by atoms with Crippen LogP contribution in [0.4, 0.5) is 0 Å². The van der Waals surface area contributed by atoms with Crippen LogP contribution in [-0.2, 0) is 22.2 Å². The Bertz CT molecular complexity index is 689. The van der Waals surface area contributed by atoms with Crippen molar-refractivity contribution in [3.05, 3.63) is 28.6 Å². The van der Waals surface area contributed by atoms with E-state index < -0.39 is 0 Å². The predicted molar refractivity (Wildman–Crippen MR) is 125 cm³/mol. The molecule has 0 N–H and O–H groups in total. The van der Waals surface area contributed by atoms with Crippen LogP contribution in [0.15, 0.2) is 17.5 Å². The second kappa shape index (κ2) is 12.2. The molecule has 2 aromatic heterocycles. The predicted octanol–water partition coefficient (Wildman–Crippen LogP) is 6.85. The minimum absolute atomic E-state index is 0.151. The smallest absolute Gasteiger partial charge is 0.407 e. The van der Waals surface area contributed by atoms with Gasteiger partial charge in [-0.25, -0.2) is 0 Å². The summed E-state index contributed by atoms with van der Waals surface area (Å²) >= 11 is 3.80. The third-order valence-electron chi connectivity index (χ3n) is 5.45. The van der Waals surface area contributed by atoms with Crippen molar-refractivity contribution in [2.45, 2.75) is 84.5 Å². The molecule has 1 fully saturated rings. The van der Waals surface area contributed by atoms with Crippen molar-refractivity contribution in [3.63, 3.8) is 0 Å². The monoisotopic (exact) mass is 418 g/mol. The van der Waals surface area contributed by atoms with Gasteiger partial charge in [-0.05, 0) is 60.7 Å². The quantitative estimate of drug-likeness (QED) is 0.277. The van der Waals surface area contributed by atoms with Crippen LogP contribution in [0.25, 0.3) is 9.75 Å². The molecule has 3 rings (SSSR count). The zero-order valence-corrected chi connectivity index (χ0v) is 19.3. The molecule has 0 saturated carbocycles. The van der Waals surface area contributed by atoms with E-state index in [1.807, 2.05) is 22.7 Å². The third-order valence-corrected chi connectivity index (χ3v) is 7.79. The zero-order chi connectivity index (χ0) is 19.6. The summed E-state index contributed by atoms with van der Waals surface area (Å²) in [5, 5.41) is 2.26. The van der Waals surface area contributed by atoms with Gasteiger partial charge in [-0.15, -0.1) is 22.7 Å². The van der Waals surface area contributed by atoms with Gasteiger partial charge in [0.05, 0.1) is 0 Å². The topological polar surface area (TPSA) is 18.5 Å². The van der Waals surface area contributed by atoms with E-state index in [2.05, 4.69) is 31.4 Å². The van der Waals surface area contributed by atoms with Gasteiger partial charge in [0.1, 0.15) is 0 Å². The normalized spacial score (nSPS) is 14.7.